The summed E-state index contributed by atoms with van der Waals surface area (Å²) in [5.41, 5.74) is 5.97. The van der Waals surface area contributed by atoms with E-state index in [1.54, 1.807) is 6.07 Å². The lowest BCUT2D eigenvalue weighted by molar-refractivity contribution is 0.0899. The normalized spacial score (nSPS) is 16.9. The van der Waals surface area contributed by atoms with Crippen LogP contribution in [0.4, 0.5) is 8.78 Å². The summed E-state index contributed by atoms with van der Waals surface area (Å²) in [6, 6.07) is 5.41. The third kappa shape index (κ3) is 5.90. The molecule has 1 amide bonds. The van der Waals surface area contributed by atoms with Crippen molar-refractivity contribution in [3.05, 3.63) is 59.1 Å². The number of hydrogen-bond acceptors (Lipinski definition) is 4. The average Bonchev–Trinajstić information content (AvgIpc) is 3.08. The molecule has 0 bridgehead atoms. The fourth-order valence-corrected chi connectivity index (χ4v) is 3.10. The van der Waals surface area contributed by atoms with Gasteiger partial charge in [-0.15, -0.1) is 24.8 Å². The summed E-state index contributed by atoms with van der Waals surface area (Å²) in [4.78, 5) is 14.2. The van der Waals surface area contributed by atoms with Crippen LogP contribution >= 0.6 is 24.8 Å². The zero-order chi connectivity index (χ0) is 17.8. The lowest BCUT2D eigenvalue weighted by atomic mass is 10.0. The molecule has 150 valence electrons. The monoisotopic (exact) mass is 421 g/mol. The highest BCUT2D eigenvalue weighted by Gasteiger charge is 2.24. The highest BCUT2D eigenvalue weighted by molar-refractivity contribution is 5.94. The number of likely N-dealkylation sites (tertiary alicyclic amines) is 1. The Morgan fingerprint density at radius 3 is 2.63 bits per heavy atom. The number of carbonyl (C=O) groups excluding carboxylic acids is 1. The van der Waals surface area contributed by atoms with E-state index in [9.17, 15) is 13.6 Å². The molecule has 2 aromatic rings. The predicted molar refractivity (Wildman–Crippen MR) is 103 cm³/mol. The molecule has 1 fully saturated rings. The Bertz CT molecular complexity index is 738. The maximum atomic E-state index is 13.8. The van der Waals surface area contributed by atoms with Crippen LogP contribution in [0.25, 0.3) is 0 Å². The zero-order valence-electron chi connectivity index (χ0n) is 14.6. The van der Waals surface area contributed by atoms with Gasteiger partial charge in [-0.2, -0.15) is 0 Å². The van der Waals surface area contributed by atoms with E-state index >= 15 is 0 Å². The van der Waals surface area contributed by atoms with Crippen LogP contribution in [-0.2, 0) is 13.1 Å². The van der Waals surface area contributed by atoms with Crippen LogP contribution in [0.3, 0.4) is 0 Å². The molecule has 1 aromatic carbocycles. The van der Waals surface area contributed by atoms with Gasteiger partial charge in [-0.25, -0.2) is 8.78 Å². The number of carbonyl (C=O) groups is 1. The van der Waals surface area contributed by atoms with E-state index in [2.05, 4.69) is 5.32 Å². The van der Waals surface area contributed by atoms with Crippen LogP contribution in [0, 0.1) is 11.6 Å². The van der Waals surface area contributed by atoms with Gasteiger partial charge in [-0.1, -0.05) is 6.07 Å². The van der Waals surface area contributed by atoms with Gasteiger partial charge in [0.2, 0.25) is 0 Å². The van der Waals surface area contributed by atoms with Crippen molar-refractivity contribution in [1.82, 2.24) is 10.2 Å². The molecule has 9 heteroatoms. The molecule has 0 radical (unpaired) electrons. The molecule has 3 rings (SSSR count). The minimum absolute atomic E-state index is 0. The topological polar surface area (TPSA) is 71.5 Å². The van der Waals surface area contributed by atoms with Gasteiger partial charge in [0, 0.05) is 24.7 Å². The molecule has 1 atom stereocenters. The van der Waals surface area contributed by atoms with E-state index in [1.165, 1.54) is 24.5 Å². The van der Waals surface area contributed by atoms with Gasteiger partial charge < -0.3 is 15.5 Å². The molecule has 2 heterocycles. The molecule has 1 aliphatic rings. The van der Waals surface area contributed by atoms with E-state index in [1.807, 2.05) is 4.90 Å². The molecular formula is C18H23Cl2F2N3O2. The first-order valence-electron chi connectivity index (χ1n) is 8.30. The third-order valence-electron chi connectivity index (χ3n) is 4.40. The van der Waals surface area contributed by atoms with Crippen molar-refractivity contribution >= 4 is 30.7 Å². The summed E-state index contributed by atoms with van der Waals surface area (Å²) >= 11 is 0. The van der Waals surface area contributed by atoms with Crippen molar-refractivity contribution in [3.63, 3.8) is 0 Å². The van der Waals surface area contributed by atoms with Gasteiger partial charge in [-0.05, 0) is 37.6 Å². The summed E-state index contributed by atoms with van der Waals surface area (Å²) in [5.74, 6) is -0.768. The van der Waals surface area contributed by atoms with E-state index in [0.29, 0.717) is 17.9 Å². The SMILES string of the molecule is Cl.Cl.NCc1cc(C(=O)NC2CCCN(Cc3c(F)cccc3F)C2)co1. The number of rotatable bonds is 5. The summed E-state index contributed by atoms with van der Waals surface area (Å²) < 4.78 is 32.8. The summed E-state index contributed by atoms with van der Waals surface area (Å²) in [6.45, 7) is 1.71. The van der Waals surface area contributed by atoms with E-state index < -0.39 is 11.6 Å². The number of furan rings is 1. The van der Waals surface area contributed by atoms with Gasteiger partial charge in [0.1, 0.15) is 23.7 Å². The molecule has 3 N–H and O–H groups in total. The van der Waals surface area contributed by atoms with Crippen LogP contribution in [0.2, 0.25) is 0 Å². The number of hydrogen-bond donors (Lipinski definition) is 2. The molecule has 1 unspecified atom stereocenters. The van der Waals surface area contributed by atoms with Gasteiger partial charge in [0.15, 0.2) is 0 Å². The lowest BCUT2D eigenvalue weighted by Gasteiger charge is -2.33. The summed E-state index contributed by atoms with van der Waals surface area (Å²) in [6.07, 6.45) is 3.05. The number of halogens is 4. The Labute approximate surface area is 169 Å². The molecule has 0 aliphatic carbocycles. The van der Waals surface area contributed by atoms with Gasteiger partial charge in [-0.3, -0.25) is 9.69 Å². The molecule has 27 heavy (non-hydrogen) atoms. The van der Waals surface area contributed by atoms with E-state index in [0.717, 1.165) is 19.4 Å². The second kappa shape index (κ2) is 10.6. The number of nitrogens with one attached hydrogen (secondary N) is 1. The maximum Gasteiger partial charge on any atom is 0.254 e. The highest BCUT2D eigenvalue weighted by Crippen LogP contribution is 2.19. The van der Waals surface area contributed by atoms with Crippen LogP contribution < -0.4 is 11.1 Å². The number of amides is 1. The smallest absolute Gasteiger partial charge is 0.254 e. The number of nitrogens with zero attached hydrogens (tertiary/aromatic N) is 1. The van der Waals surface area contributed by atoms with Crippen molar-refractivity contribution in [2.45, 2.75) is 32.0 Å². The molecule has 5 nitrogen and oxygen atoms in total. The van der Waals surface area contributed by atoms with Crippen LogP contribution in [0.15, 0.2) is 34.9 Å². The van der Waals surface area contributed by atoms with Crippen molar-refractivity contribution in [1.29, 1.82) is 0 Å². The van der Waals surface area contributed by atoms with Gasteiger partial charge in [0.25, 0.3) is 5.91 Å². The summed E-state index contributed by atoms with van der Waals surface area (Å²) in [5, 5.41) is 2.95. The average molecular weight is 422 g/mol. The zero-order valence-corrected chi connectivity index (χ0v) is 16.3. The van der Waals surface area contributed by atoms with Crippen molar-refractivity contribution < 1.29 is 18.0 Å². The fourth-order valence-electron chi connectivity index (χ4n) is 3.10. The summed E-state index contributed by atoms with van der Waals surface area (Å²) in [7, 11) is 0. The molecular weight excluding hydrogens is 399 g/mol. The fraction of sp³-hybridized carbons (Fsp3) is 0.389. The molecule has 1 saturated heterocycles. The van der Waals surface area contributed by atoms with Crippen LogP contribution in [0.5, 0.6) is 0 Å². The van der Waals surface area contributed by atoms with Crippen LogP contribution in [-0.4, -0.2) is 29.9 Å². The van der Waals surface area contributed by atoms with Crippen LogP contribution in [0.1, 0.15) is 34.5 Å². The maximum absolute atomic E-state index is 13.8. The number of nitrogens with two attached hydrogens (primary N) is 1. The minimum atomic E-state index is -0.543. The van der Waals surface area contributed by atoms with E-state index in [-0.39, 0.29) is 55.4 Å². The Hall–Kier alpha value is -1.67. The highest BCUT2D eigenvalue weighted by atomic mass is 35.5. The Morgan fingerprint density at radius 2 is 2.00 bits per heavy atom. The number of piperidine rings is 1. The lowest BCUT2D eigenvalue weighted by Crippen LogP contribution is -2.47. The molecule has 0 saturated carbocycles. The Kier molecular flexibility index (Phi) is 9.18. The number of benzene rings is 1. The minimum Gasteiger partial charge on any atom is -0.467 e. The molecule has 1 aromatic heterocycles. The first-order chi connectivity index (χ1) is 12.1. The first-order valence-corrected chi connectivity index (χ1v) is 8.30. The second-order valence-corrected chi connectivity index (χ2v) is 6.25. The largest absolute Gasteiger partial charge is 0.467 e. The Morgan fingerprint density at radius 1 is 1.30 bits per heavy atom. The Balaban J connectivity index is 0.00000182. The van der Waals surface area contributed by atoms with Gasteiger partial charge in [0.05, 0.1) is 12.1 Å². The van der Waals surface area contributed by atoms with Crippen molar-refractivity contribution in [3.8, 4) is 0 Å². The van der Waals surface area contributed by atoms with E-state index in [4.69, 9.17) is 10.2 Å². The van der Waals surface area contributed by atoms with Gasteiger partial charge >= 0.3 is 0 Å². The molecule has 1 aliphatic heterocycles. The van der Waals surface area contributed by atoms with Crippen molar-refractivity contribution in [2.75, 3.05) is 13.1 Å². The van der Waals surface area contributed by atoms with Crippen molar-refractivity contribution in [2.24, 2.45) is 5.73 Å². The second-order valence-electron chi connectivity index (χ2n) is 6.25. The molecule has 0 spiro atoms. The predicted octanol–water partition coefficient (Wildman–Crippen LogP) is 3.25. The third-order valence-corrected chi connectivity index (χ3v) is 4.40. The quantitative estimate of drug-likeness (QED) is 0.776. The first kappa shape index (κ1) is 23.4. The standard InChI is InChI=1S/C18H21F2N3O2.2ClH/c19-16-4-1-5-17(20)15(16)10-23-6-2-3-13(9-23)22-18(24)12-7-14(8-21)25-11-12;;/h1,4-5,7,11,13H,2-3,6,8-10,21H2,(H,22,24);2*1H.